The zero-order chi connectivity index (χ0) is 14.5. The zero-order valence-electron chi connectivity index (χ0n) is 12.2. The highest BCUT2D eigenvalue weighted by molar-refractivity contribution is 9.10. The van der Waals surface area contributed by atoms with E-state index in [-0.39, 0.29) is 6.04 Å². The summed E-state index contributed by atoms with van der Waals surface area (Å²) in [6.45, 7) is 8.10. The van der Waals surface area contributed by atoms with Crippen molar-refractivity contribution in [1.29, 1.82) is 0 Å². The molecule has 0 amide bonds. The molecule has 2 heterocycles. The predicted molar refractivity (Wildman–Crippen MR) is 84.5 cm³/mol. The maximum atomic E-state index is 4.62. The SMILES string of the molecule is CCc1nn(CC)c(CN[C@@H](C)c2ccncc2)c1Br. The van der Waals surface area contributed by atoms with E-state index in [1.807, 2.05) is 24.5 Å². The Balaban J connectivity index is 2.09. The molecule has 0 spiro atoms. The summed E-state index contributed by atoms with van der Waals surface area (Å²) in [4.78, 5) is 4.05. The first-order valence-corrected chi connectivity index (χ1v) is 7.84. The number of aryl methyl sites for hydroxylation is 2. The van der Waals surface area contributed by atoms with Crippen LogP contribution < -0.4 is 5.32 Å². The fraction of sp³-hybridized carbons (Fsp3) is 0.467. The minimum Gasteiger partial charge on any atom is -0.305 e. The highest BCUT2D eigenvalue weighted by Crippen LogP contribution is 2.23. The summed E-state index contributed by atoms with van der Waals surface area (Å²) in [5.41, 5.74) is 3.58. The van der Waals surface area contributed by atoms with Crippen molar-refractivity contribution in [3.05, 3.63) is 46.0 Å². The Labute approximate surface area is 128 Å². The fourth-order valence-electron chi connectivity index (χ4n) is 2.21. The standard InChI is InChI=1S/C15H21BrN4/c1-4-13-15(16)14(20(5-2)19-13)10-18-11(3)12-6-8-17-9-7-12/h6-9,11,18H,4-5,10H2,1-3H3/t11-/m0/s1. The van der Waals surface area contributed by atoms with Crippen molar-refractivity contribution in [2.45, 2.75) is 46.3 Å². The van der Waals surface area contributed by atoms with Crippen LogP contribution in [0.3, 0.4) is 0 Å². The van der Waals surface area contributed by atoms with Crippen LogP contribution in [0.5, 0.6) is 0 Å². The highest BCUT2D eigenvalue weighted by Gasteiger charge is 2.14. The number of pyridine rings is 1. The summed E-state index contributed by atoms with van der Waals surface area (Å²) in [6.07, 6.45) is 4.60. The van der Waals surface area contributed by atoms with Crippen molar-refractivity contribution in [2.24, 2.45) is 0 Å². The van der Waals surface area contributed by atoms with Gasteiger partial charge in [-0.25, -0.2) is 0 Å². The van der Waals surface area contributed by atoms with Crippen molar-refractivity contribution in [1.82, 2.24) is 20.1 Å². The average molecular weight is 337 g/mol. The van der Waals surface area contributed by atoms with Crippen LogP contribution in [-0.4, -0.2) is 14.8 Å². The summed E-state index contributed by atoms with van der Waals surface area (Å²) < 4.78 is 3.20. The van der Waals surface area contributed by atoms with Gasteiger partial charge >= 0.3 is 0 Å². The molecule has 108 valence electrons. The van der Waals surface area contributed by atoms with Crippen LogP contribution in [0.15, 0.2) is 29.0 Å². The Hall–Kier alpha value is -1.20. The van der Waals surface area contributed by atoms with Gasteiger partial charge in [0.2, 0.25) is 0 Å². The lowest BCUT2D eigenvalue weighted by Crippen LogP contribution is -2.20. The molecule has 0 unspecified atom stereocenters. The molecule has 1 atom stereocenters. The summed E-state index contributed by atoms with van der Waals surface area (Å²) >= 11 is 3.68. The predicted octanol–water partition coefficient (Wildman–Crippen LogP) is 3.47. The molecule has 0 fully saturated rings. The third kappa shape index (κ3) is 3.27. The third-order valence-electron chi connectivity index (χ3n) is 3.48. The lowest BCUT2D eigenvalue weighted by Gasteiger charge is -2.14. The van der Waals surface area contributed by atoms with Crippen molar-refractivity contribution >= 4 is 15.9 Å². The molecule has 4 nitrogen and oxygen atoms in total. The van der Waals surface area contributed by atoms with Crippen LogP contribution >= 0.6 is 15.9 Å². The maximum Gasteiger partial charge on any atom is 0.0767 e. The Kier molecular flexibility index (Phi) is 5.31. The molecule has 5 heteroatoms. The molecule has 20 heavy (non-hydrogen) atoms. The summed E-state index contributed by atoms with van der Waals surface area (Å²) in [5, 5.41) is 8.17. The van der Waals surface area contributed by atoms with E-state index in [1.165, 1.54) is 11.3 Å². The largest absolute Gasteiger partial charge is 0.305 e. The fourth-order valence-corrected chi connectivity index (χ4v) is 2.91. The second kappa shape index (κ2) is 6.99. The van der Waals surface area contributed by atoms with Gasteiger partial charge in [-0.1, -0.05) is 6.92 Å². The van der Waals surface area contributed by atoms with Gasteiger partial charge in [0.25, 0.3) is 0 Å². The Morgan fingerprint density at radius 2 is 2.00 bits per heavy atom. The highest BCUT2D eigenvalue weighted by atomic mass is 79.9. The van der Waals surface area contributed by atoms with Crippen molar-refractivity contribution in [2.75, 3.05) is 0 Å². The van der Waals surface area contributed by atoms with Gasteiger partial charge in [-0.15, -0.1) is 0 Å². The summed E-state index contributed by atoms with van der Waals surface area (Å²) in [5.74, 6) is 0. The number of hydrogen-bond acceptors (Lipinski definition) is 3. The molecule has 2 rings (SSSR count). The lowest BCUT2D eigenvalue weighted by atomic mass is 10.1. The summed E-state index contributed by atoms with van der Waals surface area (Å²) in [7, 11) is 0. The van der Waals surface area contributed by atoms with Gasteiger partial charge in [0.15, 0.2) is 0 Å². The van der Waals surface area contributed by atoms with Gasteiger partial charge in [0.05, 0.1) is 15.9 Å². The van der Waals surface area contributed by atoms with E-state index in [2.05, 4.69) is 56.8 Å². The minimum absolute atomic E-state index is 0.287. The second-order valence-corrected chi connectivity index (χ2v) is 5.55. The van der Waals surface area contributed by atoms with Crippen molar-refractivity contribution in [3.63, 3.8) is 0 Å². The summed E-state index contributed by atoms with van der Waals surface area (Å²) in [6, 6.07) is 4.37. The molecule has 0 saturated carbocycles. The van der Waals surface area contributed by atoms with E-state index in [1.54, 1.807) is 0 Å². The molecular formula is C15H21BrN4. The van der Waals surface area contributed by atoms with E-state index >= 15 is 0 Å². The van der Waals surface area contributed by atoms with E-state index < -0.39 is 0 Å². The Bertz CT molecular complexity index is 551. The van der Waals surface area contributed by atoms with E-state index in [4.69, 9.17) is 0 Å². The van der Waals surface area contributed by atoms with Crippen LogP contribution in [-0.2, 0) is 19.5 Å². The van der Waals surface area contributed by atoms with Crippen LogP contribution in [0.25, 0.3) is 0 Å². The van der Waals surface area contributed by atoms with Crippen LogP contribution in [0.1, 0.15) is 43.8 Å². The molecule has 0 aliphatic carbocycles. The molecular weight excluding hydrogens is 316 g/mol. The monoisotopic (exact) mass is 336 g/mol. The van der Waals surface area contributed by atoms with Crippen molar-refractivity contribution in [3.8, 4) is 0 Å². The number of nitrogens with one attached hydrogen (secondary N) is 1. The van der Waals surface area contributed by atoms with Gasteiger partial charge in [-0.3, -0.25) is 9.67 Å². The van der Waals surface area contributed by atoms with Crippen LogP contribution in [0.4, 0.5) is 0 Å². The smallest absolute Gasteiger partial charge is 0.0767 e. The molecule has 0 aliphatic rings. The van der Waals surface area contributed by atoms with Crippen molar-refractivity contribution < 1.29 is 0 Å². The first-order chi connectivity index (χ1) is 9.67. The molecule has 0 aliphatic heterocycles. The lowest BCUT2D eigenvalue weighted by molar-refractivity contribution is 0.529. The van der Waals surface area contributed by atoms with Crippen LogP contribution in [0.2, 0.25) is 0 Å². The second-order valence-electron chi connectivity index (χ2n) is 4.76. The number of aromatic nitrogens is 3. The minimum atomic E-state index is 0.287. The zero-order valence-corrected chi connectivity index (χ0v) is 13.8. The molecule has 0 radical (unpaired) electrons. The molecule has 1 N–H and O–H groups in total. The first-order valence-electron chi connectivity index (χ1n) is 7.04. The molecule has 2 aromatic heterocycles. The van der Waals surface area contributed by atoms with E-state index in [0.29, 0.717) is 0 Å². The van der Waals surface area contributed by atoms with Gasteiger partial charge in [-0.05, 0) is 53.9 Å². The van der Waals surface area contributed by atoms with Gasteiger partial charge in [0.1, 0.15) is 0 Å². The first kappa shape index (κ1) is 15.2. The molecule has 0 saturated heterocycles. The number of halogens is 1. The van der Waals surface area contributed by atoms with E-state index in [9.17, 15) is 0 Å². The van der Waals surface area contributed by atoms with E-state index in [0.717, 1.165) is 29.7 Å². The van der Waals surface area contributed by atoms with Gasteiger partial charge in [-0.2, -0.15) is 5.10 Å². The molecule has 0 aromatic carbocycles. The Morgan fingerprint density at radius 1 is 1.30 bits per heavy atom. The average Bonchev–Trinajstić information content (AvgIpc) is 2.81. The maximum absolute atomic E-state index is 4.62. The number of hydrogen-bond donors (Lipinski definition) is 1. The van der Waals surface area contributed by atoms with Gasteiger partial charge in [0, 0.05) is 31.5 Å². The quantitative estimate of drug-likeness (QED) is 0.878. The van der Waals surface area contributed by atoms with Gasteiger partial charge < -0.3 is 5.32 Å². The topological polar surface area (TPSA) is 42.7 Å². The number of rotatable bonds is 6. The molecule has 2 aromatic rings. The molecule has 0 bridgehead atoms. The number of nitrogens with zero attached hydrogens (tertiary/aromatic N) is 3. The third-order valence-corrected chi connectivity index (χ3v) is 4.39. The Morgan fingerprint density at radius 3 is 2.60 bits per heavy atom. The van der Waals surface area contributed by atoms with Crippen LogP contribution in [0, 0.1) is 0 Å². The normalized spacial score (nSPS) is 12.6.